The summed E-state index contributed by atoms with van der Waals surface area (Å²) >= 11 is 0. The van der Waals surface area contributed by atoms with Crippen LogP contribution in [-0.4, -0.2) is 29.9 Å². The molecule has 0 aromatic carbocycles. The van der Waals surface area contributed by atoms with Crippen LogP contribution in [0.15, 0.2) is 12.7 Å². The summed E-state index contributed by atoms with van der Waals surface area (Å²) in [5.74, 6) is -0.222. The molecule has 21 heavy (non-hydrogen) atoms. The Balaban J connectivity index is 1.69. The highest BCUT2D eigenvalue weighted by Gasteiger charge is 2.61. The van der Waals surface area contributed by atoms with E-state index in [0.29, 0.717) is 18.1 Å². The Morgan fingerprint density at radius 1 is 1.38 bits per heavy atom. The maximum atomic E-state index is 12.2. The zero-order chi connectivity index (χ0) is 15.2. The first-order valence-corrected chi connectivity index (χ1v) is 7.50. The van der Waals surface area contributed by atoms with E-state index in [1.54, 1.807) is 0 Å². The van der Waals surface area contributed by atoms with Crippen LogP contribution in [0.3, 0.4) is 0 Å². The molecule has 5 heteroatoms. The van der Waals surface area contributed by atoms with Gasteiger partial charge in [-0.05, 0) is 31.6 Å². The molecule has 5 atom stereocenters. The largest absolute Gasteiger partial charge is 0.456 e. The molecule has 4 aliphatic carbocycles. The van der Waals surface area contributed by atoms with E-state index in [1.807, 2.05) is 6.92 Å². The number of ketones is 1. The van der Waals surface area contributed by atoms with Crippen LogP contribution in [0.2, 0.25) is 0 Å². The molecule has 4 saturated carbocycles. The number of hydrogen-bond acceptors (Lipinski definition) is 5. The smallest absolute Gasteiger partial charge is 0.344 e. The zero-order valence-electron chi connectivity index (χ0n) is 12.2. The van der Waals surface area contributed by atoms with Crippen LogP contribution < -0.4 is 0 Å². The molecule has 114 valence electrons. The Kier molecular flexibility index (Phi) is 3.38. The van der Waals surface area contributed by atoms with Crippen molar-refractivity contribution in [2.75, 3.05) is 6.61 Å². The molecule has 0 saturated heterocycles. The summed E-state index contributed by atoms with van der Waals surface area (Å²) in [6.45, 7) is 4.88. The van der Waals surface area contributed by atoms with E-state index in [9.17, 15) is 14.4 Å². The van der Waals surface area contributed by atoms with Gasteiger partial charge in [0.05, 0.1) is 0 Å². The molecule has 5 nitrogen and oxygen atoms in total. The Labute approximate surface area is 123 Å². The second-order valence-corrected chi connectivity index (χ2v) is 6.59. The molecule has 0 aromatic rings. The van der Waals surface area contributed by atoms with Gasteiger partial charge in [-0.25, -0.2) is 9.59 Å². The Hall–Kier alpha value is -1.65. The Bertz CT molecular complexity index is 511. The van der Waals surface area contributed by atoms with E-state index in [4.69, 9.17) is 9.47 Å². The normalized spacial score (nSPS) is 40.0. The standard InChI is InChI=1S/C16H20O5/c1-3-13(17)20-8-14(18)21-16-6-10-4-11(7-16)15(19)12(5-10)9(16)2/h3,9-12H,1,4-8H2,2H3. The summed E-state index contributed by atoms with van der Waals surface area (Å²) in [4.78, 5) is 35.2. The molecule has 0 amide bonds. The van der Waals surface area contributed by atoms with Crippen molar-refractivity contribution in [3.05, 3.63) is 12.7 Å². The van der Waals surface area contributed by atoms with E-state index in [2.05, 4.69) is 6.58 Å². The molecule has 5 unspecified atom stereocenters. The molecule has 0 radical (unpaired) electrons. The van der Waals surface area contributed by atoms with Gasteiger partial charge in [0.25, 0.3) is 0 Å². The molecule has 0 spiro atoms. The number of hydrogen-bond donors (Lipinski definition) is 0. The topological polar surface area (TPSA) is 69.7 Å². The summed E-state index contributed by atoms with van der Waals surface area (Å²) in [7, 11) is 0. The fraction of sp³-hybridized carbons (Fsp3) is 0.688. The number of esters is 2. The predicted octanol–water partition coefficient (Wildman–Crippen LogP) is 1.65. The third kappa shape index (κ3) is 2.28. The average Bonchev–Trinajstić information content (AvgIpc) is 2.46. The van der Waals surface area contributed by atoms with Gasteiger partial charge in [0.1, 0.15) is 11.4 Å². The van der Waals surface area contributed by atoms with Crippen molar-refractivity contribution in [2.45, 2.75) is 38.2 Å². The SMILES string of the molecule is C=CC(=O)OCC(=O)OC12CC3CC(C1)C(=O)C(C3)C2C. The van der Waals surface area contributed by atoms with Crippen molar-refractivity contribution in [1.82, 2.24) is 0 Å². The number of carbonyl (C=O) groups is 3. The number of ether oxygens (including phenoxy) is 2. The van der Waals surface area contributed by atoms with Gasteiger partial charge in [0.2, 0.25) is 0 Å². The average molecular weight is 292 g/mol. The van der Waals surface area contributed by atoms with Crippen molar-refractivity contribution in [1.29, 1.82) is 0 Å². The second-order valence-electron chi connectivity index (χ2n) is 6.59. The maximum Gasteiger partial charge on any atom is 0.344 e. The summed E-state index contributed by atoms with van der Waals surface area (Å²) in [5.41, 5.74) is -0.540. The lowest BCUT2D eigenvalue weighted by Gasteiger charge is -2.58. The summed E-state index contributed by atoms with van der Waals surface area (Å²) in [5, 5.41) is 0. The van der Waals surface area contributed by atoms with E-state index in [0.717, 1.165) is 25.3 Å². The fourth-order valence-corrected chi connectivity index (χ4v) is 4.54. The minimum Gasteiger partial charge on any atom is -0.456 e. The molecule has 0 N–H and O–H groups in total. The van der Waals surface area contributed by atoms with Crippen LogP contribution >= 0.6 is 0 Å². The Morgan fingerprint density at radius 3 is 2.86 bits per heavy atom. The van der Waals surface area contributed by atoms with Gasteiger partial charge in [-0.3, -0.25) is 4.79 Å². The first kappa shape index (κ1) is 14.3. The summed E-state index contributed by atoms with van der Waals surface area (Å²) < 4.78 is 10.4. The van der Waals surface area contributed by atoms with Crippen molar-refractivity contribution < 1.29 is 23.9 Å². The second kappa shape index (κ2) is 4.97. The molecule has 4 bridgehead atoms. The summed E-state index contributed by atoms with van der Waals surface area (Å²) in [6.07, 6.45) is 4.34. The van der Waals surface area contributed by atoms with E-state index < -0.39 is 24.1 Å². The molecule has 0 heterocycles. The van der Waals surface area contributed by atoms with Gasteiger partial charge >= 0.3 is 11.9 Å². The van der Waals surface area contributed by atoms with Crippen LogP contribution in [0.25, 0.3) is 0 Å². The highest BCUT2D eigenvalue weighted by molar-refractivity contribution is 5.87. The molecular weight excluding hydrogens is 272 g/mol. The van der Waals surface area contributed by atoms with Crippen LogP contribution in [0.1, 0.15) is 32.6 Å². The lowest BCUT2D eigenvalue weighted by atomic mass is 9.49. The number of carbonyl (C=O) groups excluding carboxylic acids is 3. The molecule has 4 rings (SSSR count). The van der Waals surface area contributed by atoms with Crippen LogP contribution in [0, 0.1) is 23.7 Å². The van der Waals surface area contributed by atoms with Crippen LogP contribution in [0.5, 0.6) is 0 Å². The van der Waals surface area contributed by atoms with E-state index >= 15 is 0 Å². The van der Waals surface area contributed by atoms with Crippen molar-refractivity contribution in [3.8, 4) is 0 Å². The van der Waals surface area contributed by atoms with Gasteiger partial charge in [0.15, 0.2) is 6.61 Å². The minimum absolute atomic E-state index is 0.0276. The van der Waals surface area contributed by atoms with E-state index in [1.165, 1.54) is 0 Å². The highest BCUT2D eigenvalue weighted by Crippen LogP contribution is 2.58. The van der Waals surface area contributed by atoms with Gasteiger partial charge in [0, 0.05) is 23.8 Å². The lowest BCUT2D eigenvalue weighted by Crippen LogP contribution is -2.62. The number of Topliss-reactive ketones (excluding diaryl/α,β-unsaturated/α-hetero) is 1. The first-order valence-electron chi connectivity index (χ1n) is 7.50. The third-order valence-corrected chi connectivity index (χ3v) is 5.45. The lowest BCUT2D eigenvalue weighted by molar-refractivity contribution is -0.207. The van der Waals surface area contributed by atoms with Crippen LogP contribution in [-0.2, 0) is 23.9 Å². The minimum atomic E-state index is -0.638. The molecule has 4 aliphatic rings. The summed E-state index contributed by atoms with van der Waals surface area (Å²) in [6, 6.07) is 0. The van der Waals surface area contributed by atoms with Crippen molar-refractivity contribution in [3.63, 3.8) is 0 Å². The van der Waals surface area contributed by atoms with Gasteiger partial charge in [-0.2, -0.15) is 0 Å². The quantitative estimate of drug-likeness (QED) is 0.582. The highest BCUT2D eigenvalue weighted by atomic mass is 16.6. The van der Waals surface area contributed by atoms with Crippen molar-refractivity contribution >= 4 is 17.7 Å². The predicted molar refractivity (Wildman–Crippen MR) is 73.1 cm³/mol. The van der Waals surface area contributed by atoms with Crippen molar-refractivity contribution in [2.24, 2.45) is 23.7 Å². The fourth-order valence-electron chi connectivity index (χ4n) is 4.54. The van der Waals surface area contributed by atoms with Gasteiger partial charge < -0.3 is 9.47 Å². The van der Waals surface area contributed by atoms with Gasteiger partial charge in [-0.15, -0.1) is 0 Å². The first-order chi connectivity index (χ1) is 9.95. The number of rotatable bonds is 4. The monoisotopic (exact) mass is 292 g/mol. The molecular formula is C16H20O5. The van der Waals surface area contributed by atoms with Gasteiger partial charge in [-0.1, -0.05) is 13.5 Å². The zero-order valence-corrected chi connectivity index (χ0v) is 12.2. The third-order valence-electron chi connectivity index (χ3n) is 5.45. The Morgan fingerprint density at radius 2 is 2.14 bits per heavy atom. The molecule has 0 aliphatic heterocycles. The van der Waals surface area contributed by atoms with E-state index in [-0.39, 0.29) is 17.8 Å². The van der Waals surface area contributed by atoms with Crippen LogP contribution in [0.4, 0.5) is 0 Å². The maximum absolute atomic E-state index is 12.2. The molecule has 4 fully saturated rings. The molecule has 0 aromatic heterocycles.